The number of allylic oxidation sites excluding steroid dienone is 6. The minimum Gasteiger partial charge on any atom is -0.405 e. The van der Waals surface area contributed by atoms with Crippen LogP contribution in [0.3, 0.4) is 0 Å². The Morgan fingerprint density at radius 3 is 2.33 bits per heavy atom. The average molecular weight is 163 g/mol. The molecule has 0 rings (SSSR count). The summed E-state index contributed by atoms with van der Waals surface area (Å²) in [6.45, 7) is 7.77. The van der Waals surface area contributed by atoms with E-state index in [1.807, 2.05) is 50.3 Å². The van der Waals surface area contributed by atoms with E-state index in [1.165, 1.54) is 0 Å². The van der Waals surface area contributed by atoms with Gasteiger partial charge in [-0.3, -0.25) is 0 Å². The molecule has 12 heavy (non-hydrogen) atoms. The summed E-state index contributed by atoms with van der Waals surface area (Å²) in [7, 11) is 0. The predicted octanol–water partition coefficient (Wildman–Crippen LogP) is 2.78. The van der Waals surface area contributed by atoms with Gasteiger partial charge in [0.2, 0.25) is 0 Å². The van der Waals surface area contributed by atoms with Crippen LogP contribution in [0, 0.1) is 5.41 Å². The molecule has 0 aliphatic heterocycles. The molecule has 1 atom stereocenters. The molecule has 1 nitrogen and oxygen atoms in total. The molecule has 0 saturated carbocycles. The SMILES string of the molecule is C=CC(C)(/C=C\N)/C=C\C=C\C. The molecule has 0 aromatic rings. The number of rotatable bonds is 4. The molecule has 0 amide bonds. The molecular formula is C11H17N. The van der Waals surface area contributed by atoms with E-state index in [9.17, 15) is 0 Å². The van der Waals surface area contributed by atoms with Crippen molar-refractivity contribution in [3.63, 3.8) is 0 Å². The minimum atomic E-state index is -0.131. The highest BCUT2D eigenvalue weighted by Gasteiger charge is 2.09. The fourth-order valence-corrected chi connectivity index (χ4v) is 0.773. The van der Waals surface area contributed by atoms with Crippen molar-refractivity contribution in [2.75, 3.05) is 0 Å². The van der Waals surface area contributed by atoms with Gasteiger partial charge in [0.05, 0.1) is 0 Å². The first-order valence-corrected chi connectivity index (χ1v) is 4.02. The fraction of sp³-hybridized carbons (Fsp3) is 0.273. The highest BCUT2D eigenvalue weighted by Crippen LogP contribution is 2.20. The molecule has 0 saturated heterocycles. The predicted molar refractivity (Wildman–Crippen MR) is 55.6 cm³/mol. The lowest BCUT2D eigenvalue weighted by Gasteiger charge is -2.14. The van der Waals surface area contributed by atoms with Crippen LogP contribution in [0.25, 0.3) is 0 Å². The van der Waals surface area contributed by atoms with E-state index in [1.54, 1.807) is 6.20 Å². The molecule has 66 valence electrons. The highest BCUT2D eigenvalue weighted by atomic mass is 14.5. The van der Waals surface area contributed by atoms with Crippen LogP contribution < -0.4 is 5.73 Å². The van der Waals surface area contributed by atoms with Gasteiger partial charge in [0.25, 0.3) is 0 Å². The van der Waals surface area contributed by atoms with Crippen molar-refractivity contribution in [2.45, 2.75) is 13.8 Å². The van der Waals surface area contributed by atoms with Gasteiger partial charge in [-0.05, 0) is 20.0 Å². The van der Waals surface area contributed by atoms with Crippen molar-refractivity contribution in [1.29, 1.82) is 0 Å². The Balaban J connectivity index is 4.43. The van der Waals surface area contributed by atoms with E-state index in [0.29, 0.717) is 0 Å². The smallest absolute Gasteiger partial charge is 0.0230 e. The van der Waals surface area contributed by atoms with Crippen LogP contribution >= 0.6 is 0 Å². The summed E-state index contributed by atoms with van der Waals surface area (Å²) in [6, 6.07) is 0. The van der Waals surface area contributed by atoms with Gasteiger partial charge in [-0.15, -0.1) is 6.58 Å². The van der Waals surface area contributed by atoms with Crippen LogP contribution in [-0.2, 0) is 0 Å². The number of hydrogen-bond donors (Lipinski definition) is 1. The third kappa shape index (κ3) is 3.81. The zero-order chi connectivity index (χ0) is 9.45. The second-order valence-corrected chi connectivity index (χ2v) is 2.81. The molecule has 0 fully saturated rings. The second kappa shape index (κ2) is 5.42. The molecule has 0 aliphatic rings. The first-order valence-electron chi connectivity index (χ1n) is 4.02. The van der Waals surface area contributed by atoms with Crippen molar-refractivity contribution in [3.8, 4) is 0 Å². The largest absolute Gasteiger partial charge is 0.405 e. The molecule has 0 bridgehead atoms. The normalized spacial score (nSPS) is 17.5. The summed E-state index contributed by atoms with van der Waals surface area (Å²) in [5.41, 5.74) is 5.18. The summed E-state index contributed by atoms with van der Waals surface area (Å²) in [5, 5.41) is 0. The standard InChI is InChI=1S/C11H17N/c1-4-6-7-8-11(3,5-2)9-10-12/h4-10H,2,12H2,1,3H3/b6-4+,8-7-,10-9-. The Kier molecular flexibility index (Phi) is 4.86. The van der Waals surface area contributed by atoms with Gasteiger partial charge in [-0.1, -0.05) is 36.5 Å². The molecule has 0 heterocycles. The Labute approximate surface area is 75.0 Å². The van der Waals surface area contributed by atoms with Crippen LogP contribution in [0.2, 0.25) is 0 Å². The van der Waals surface area contributed by atoms with E-state index in [-0.39, 0.29) is 5.41 Å². The summed E-state index contributed by atoms with van der Waals surface area (Å²) < 4.78 is 0. The van der Waals surface area contributed by atoms with Crippen LogP contribution in [0.4, 0.5) is 0 Å². The second-order valence-electron chi connectivity index (χ2n) is 2.81. The Bertz CT molecular complexity index is 211. The molecule has 0 aliphatic carbocycles. The maximum Gasteiger partial charge on any atom is 0.0230 e. The Morgan fingerprint density at radius 1 is 1.25 bits per heavy atom. The highest BCUT2D eigenvalue weighted by molar-refractivity contribution is 5.20. The molecular weight excluding hydrogens is 146 g/mol. The lowest BCUT2D eigenvalue weighted by molar-refractivity contribution is 0.717. The molecule has 0 spiro atoms. The van der Waals surface area contributed by atoms with Crippen molar-refractivity contribution in [3.05, 3.63) is 49.2 Å². The van der Waals surface area contributed by atoms with Crippen molar-refractivity contribution in [2.24, 2.45) is 11.1 Å². The summed E-state index contributed by atoms with van der Waals surface area (Å²) >= 11 is 0. The van der Waals surface area contributed by atoms with Crippen molar-refractivity contribution < 1.29 is 0 Å². The number of hydrogen-bond acceptors (Lipinski definition) is 1. The maximum absolute atomic E-state index is 5.31. The van der Waals surface area contributed by atoms with Crippen LogP contribution in [-0.4, -0.2) is 0 Å². The van der Waals surface area contributed by atoms with Gasteiger partial charge in [-0.25, -0.2) is 0 Å². The van der Waals surface area contributed by atoms with Crippen LogP contribution in [0.5, 0.6) is 0 Å². The minimum absolute atomic E-state index is 0.131. The lowest BCUT2D eigenvalue weighted by atomic mass is 9.90. The average Bonchev–Trinajstić information content (AvgIpc) is 2.06. The van der Waals surface area contributed by atoms with Crippen molar-refractivity contribution >= 4 is 0 Å². The lowest BCUT2D eigenvalue weighted by Crippen LogP contribution is -2.04. The summed E-state index contributed by atoms with van der Waals surface area (Å²) in [6.07, 6.45) is 13.3. The molecule has 1 unspecified atom stereocenters. The third-order valence-corrected chi connectivity index (χ3v) is 1.65. The van der Waals surface area contributed by atoms with Crippen LogP contribution in [0.15, 0.2) is 49.2 Å². The first-order chi connectivity index (χ1) is 5.68. The zero-order valence-corrected chi connectivity index (χ0v) is 7.83. The Morgan fingerprint density at radius 2 is 1.92 bits per heavy atom. The molecule has 2 N–H and O–H groups in total. The van der Waals surface area contributed by atoms with E-state index < -0.39 is 0 Å². The van der Waals surface area contributed by atoms with Crippen LogP contribution in [0.1, 0.15) is 13.8 Å². The molecule has 1 heteroatoms. The first kappa shape index (κ1) is 10.8. The fourth-order valence-electron chi connectivity index (χ4n) is 0.773. The van der Waals surface area contributed by atoms with Gasteiger partial charge in [0.1, 0.15) is 0 Å². The Hall–Kier alpha value is -1.24. The van der Waals surface area contributed by atoms with Gasteiger partial charge in [0, 0.05) is 5.41 Å². The summed E-state index contributed by atoms with van der Waals surface area (Å²) in [5.74, 6) is 0. The van der Waals surface area contributed by atoms with Gasteiger partial charge < -0.3 is 5.73 Å². The summed E-state index contributed by atoms with van der Waals surface area (Å²) in [4.78, 5) is 0. The van der Waals surface area contributed by atoms with E-state index in [2.05, 4.69) is 6.58 Å². The van der Waals surface area contributed by atoms with E-state index >= 15 is 0 Å². The number of nitrogens with two attached hydrogens (primary N) is 1. The van der Waals surface area contributed by atoms with Crippen molar-refractivity contribution in [1.82, 2.24) is 0 Å². The topological polar surface area (TPSA) is 26.0 Å². The molecule has 0 aromatic heterocycles. The zero-order valence-electron chi connectivity index (χ0n) is 7.83. The van der Waals surface area contributed by atoms with E-state index in [4.69, 9.17) is 5.73 Å². The van der Waals surface area contributed by atoms with E-state index in [0.717, 1.165) is 0 Å². The quantitative estimate of drug-likeness (QED) is 0.500. The third-order valence-electron chi connectivity index (χ3n) is 1.65. The van der Waals surface area contributed by atoms with Gasteiger partial charge in [-0.2, -0.15) is 0 Å². The van der Waals surface area contributed by atoms with Gasteiger partial charge >= 0.3 is 0 Å². The van der Waals surface area contributed by atoms with Gasteiger partial charge in [0.15, 0.2) is 0 Å². The molecule has 0 radical (unpaired) electrons. The monoisotopic (exact) mass is 163 g/mol. The molecule has 0 aromatic carbocycles. The maximum atomic E-state index is 5.31.